The SMILES string of the molecule is OCc1c[nH]c2nccc(Oc3ccccc3F)c12. The molecule has 0 saturated heterocycles. The molecule has 0 radical (unpaired) electrons. The van der Waals surface area contributed by atoms with Gasteiger partial charge in [0.05, 0.1) is 12.0 Å². The summed E-state index contributed by atoms with van der Waals surface area (Å²) in [5.74, 6) is 0.161. The summed E-state index contributed by atoms with van der Waals surface area (Å²) in [4.78, 5) is 7.07. The molecule has 3 aromatic rings. The predicted octanol–water partition coefficient (Wildman–Crippen LogP) is 2.99. The lowest BCUT2D eigenvalue weighted by Crippen LogP contribution is -1.91. The number of nitrogens with one attached hydrogen (secondary N) is 1. The quantitative estimate of drug-likeness (QED) is 0.759. The third kappa shape index (κ3) is 2.04. The number of ether oxygens (including phenoxy) is 1. The first-order valence-corrected chi connectivity index (χ1v) is 5.78. The van der Waals surface area contributed by atoms with Crippen molar-refractivity contribution in [1.82, 2.24) is 9.97 Å². The number of nitrogens with zero attached hydrogens (tertiary/aromatic N) is 1. The van der Waals surface area contributed by atoms with Crippen molar-refractivity contribution in [2.45, 2.75) is 6.61 Å². The van der Waals surface area contributed by atoms with Gasteiger partial charge >= 0.3 is 0 Å². The third-order valence-electron chi connectivity index (χ3n) is 2.84. The molecule has 1 aromatic carbocycles. The van der Waals surface area contributed by atoms with Gasteiger partial charge in [-0.3, -0.25) is 0 Å². The fraction of sp³-hybridized carbons (Fsp3) is 0.0714. The number of rotatable bonds is 3. The minimum absolute atomic E-state index is 0.139. The van der Waals surface area contributed by atoms with E-state index in [1.807, 2.05) is 0 Å². The van der Waals surface area contributed by atoms with Crippen molar-refractivity contribution in [2.24, 2.45) is 0 Å². The minimum atomic E-state index is -0.437. The second-order valence-electron chi connectivity index (χ2n) is 4.04. The Kier molecular flexibility index (Phi) is 2.89. The number of fused-ring (bicyclic) bond motifs is 1. The number of hydrogen-bond donors (Lipinski definition) is 2. The number of hydrogen-bond acceptors (Lipinski definition) is 3. The van der Waals surface area contributed by atoms with Gasteiger partial charge in [-0.2, -0.15) is 0 Å². The Morgan fingerprint density at radius 2 is 2.05 bits per heavy atom. The molecule has 3 rings (SSSR count). The fourth-order valence-corrected chi connectivity index (χ4v) is 1.95. The average molecular weight is 258 g/mol. The Morgan fingerprint density at radius 1 is 1.21 bits per heavy atom. The highest BCUT2D eigenvalue weighted by molar-refractivity contribution is 5.86. The second-order valence-corrected chi connectivity index (χ2v) is 4.04. The lowest BCUT2D eigenvalue weighted by molar-refractivity contribution is 0.283. The largest absolute Gasteiger partial charge is 0.453 e. The van der Waals surface area contributed by atoms with Gasteiger partial charge in [-0.15, -0.1) is 0 Å². The highest BCUT2D eigenvalue weighted by Crippen LogP contribution is 2.32. The number of benzene rings is 1. The van der Waals surface area contributed by atoms with Gasteiger partial charge in [0, 0.05) is 18.0 Å². The summed E-state index contributed by atoms with van der Waals surface area (Å²) in [5.41, 5.74) is 1.26. The number of halogens is 1. The molecule has 0 atom stereocenters. The molecule has 0 aliphatic heterocycles. The minimum Gasteiger partial charge on any atom is -0.453 e. The zero-order chi connectivity index (χ0) is 13.2. The Hall–Kier alpha value is -2.40. The van der Waals surface area contributed by atoms with Crippen LogP contribution in [0.1, 0.15) is 5.56 Å². The maximum Gasteiger partial charge on any atom is 0.165 e. The molecule has 0 spiro atoms. The fourth-order valence-electron chi connectivity index (χ4n) is 1.95. The number of para-hydroxylation sites is 1. The summed E-state index contributed by atoms with van der Waals surface area (Å²) >= 11 is 0. The number of H-pyrrole nitrogens is 1. The van der Waals surface area contributed by atoms with Gasteiger partial charge in [-0.05, 0) is 18.2 Å². The van der Waals surface area contributed by atoms with Crippen LogP contribution in [-0.2, 0) is 6.61 Å². The number of aliphatic hydroxyl groups is 1. The molecule has 0 unspecified atom stereocenters. The highest BCUT2D eigenvalue weighted by Gasteiger charge is 2.12. The Morgan fingerprint density at radius 3 is 2.84 bits per heavy atom. The molecule has 0 aliphatic carbocycles. The van der Waals surface area contributed by atoms with E-state index in [2.05, 4.69) is 9.97 Å². The molecule has 4 nitrogen and oxygen atoms in total. The van der Waals surface area contributed by atoms with E-state index in [0.29, 0.717) is 22.3 Å². The van der Waals surface area contributed by atoms with Crippen molar-refractivity contribution < 1.29 is 14.2 Å². The lowest BCUT2D eigenvalue weighted by Gasteiger charge is -2.08. The average Bonchev–Trinajstić information content (AvgIpc) is 2.85. The molecule has 5 heteroatoms. The zero-order valence-electron chi connectivity index (χ0n) is 9.93. The number of aromatic nitrogens is 2. The molecule has 0 bridgehead atoms. The summed E-state index contributed by atoms with van der Waals surface area (Å²) in [5, 5.41) is 9.95. The Labute approximate surface area is 108 Å². The molecule has 2 heterocycles. The van der Waals surface area contributed by atoms with Crippen LogP contribution in [-0.4, -0.2) is 15.1 Å². The first-order chi connectivity index (χ1) is 9.29. The molecule has 96 valence electrons. The topological polar surface area (TPSA) is 58.1 Å². The molecule has 2 aromatic heterocycles. The first-order valence-electron chi connectivity index (χ1n) is 5.78. The molecular formula is C14H11FN2O2. The molecule has 0 aliphatic rings. The summed E-state index contributed by atoms with van der Waals surface area (Å²) in [6, 6.07) is 7.81. The summed E-state index contributed by atoms with van der Waals surface area (Å²) in [6.07, 6.45) is 3.22. The first kappa shape index (κ1) is 11.7. The van der Waals surface area contributed by atoms with E-state index in [0.717, 1.165) is 0 Å². The maximum atomic E-state index is 13.6. The number of aliphatic hydroxyl groups excluding tert-OH is 1. The van der Waals surface area contributed by atoms with Gasteiger partial charge < -0.3 is 14.8 Å². The van der Waals surface area contributed by atoms with Gasteiger partial charge in [-0.1, -0.05) is 12.1 Å². The second kappa shape index (κ2) is 4.70. The van der Waals surface area contributed by atoms with E-state index in [1.165, 1.54) is 6.07 Å². The molecule has 19 heavy (non-hydrogen) atoms. The third-order valence-corrected chi connectivity index (χ3v) is 2.84. The lowest BCUT2D eigenvalue weighted by atomic mass is 10.2. The van der Waals surface area contributed by atoms with Crippen LogP contribution in [0.3, 0.4) is 0 Å². The van der Waals surface area contributed by atoms with Crippen LogP contribution in [0.15, 0.2) is 42.7 Å². The normalized spacial score (nSPS) is 10.8. The van der Waals surface area contributed by atoms with Crippen LogP contribution in [0.25, 0.3) is 11.0 Å². The standard InChI is InChI=1S/C14H11FN2O2/c15-10-3-1-2-4-11(10)19-12-5-6-16-14-13(12)9(8-18)7-17-14/h1-7,18H,8H2,(H,16,17). The van der Waals surface area contributed by atoms with E-state index >= 15 is 0 Å². The molecular weight excluding hydrogens is 247 g/mol. The van der Waals surface area contributed by atoms with Crippen LogP contribution in [0, 0.1) is 5.82 Å². The Bertz CT molecular complexity index is 724. The van der Waals surface area contributed by atoms with Crippen molar-refractivity contribution in [2.75, 3.05) is 0 Å². The van der Waals surface area contributed by atoms with Crippen LogP contribution >= 0.6 is 0 Å². The van der Waals surface area contributed by atoms with Crippen molar-refractivity contribution in [3.8, 4) is 11.5 Å². The van der Waals surface area contributed by atoms with E-state index < -0.39 is 5.82 Å². The smallest absolute Gasteiger partial charge is 0.165 e. The molecule has 2 N–H and O–H groups in total. The van der Waals surface area contributed by atoms with E-state index in [4.69, 9.17) is 4.74 Å². The zero-order valence-corrected chi connectivity index (χ0v) is 9.93. The maximum absolute atomic E-state index is 13.6. The number of pyridine rings is 1. The molecule has 0 amide bonds. The van der Waals surface area contributed by atoms with Crippen molar-refractivity contribution in [3.63, 3.8) is 0 Å². The van der Waals surface area contributed by atoms with Gasteiger partial charge in [0.25, 0.3) is 0 Å². The van der Waals surface area contributed by atoms with Gasteiger partial charge in [-0.25, -0.2) is 9.37 Å². The van der Waals surface area contributed by atoms with Gasteiger partial charge in [0.15, 0.2) is 11.6 Å². The highest BCUT2D eigenvalue weighted by atomic mass is 19.1. The van der Waals surface area contributed by atoms with Crippen LogP contribution in [0.2, 0.25) is 0 Å². The van der Waals surface area contributed by atoms with Crippen LogP contribution < -0.4 is 4.74 Å². The van der Waals surface area contributed by atoms with Crippen molar-refractivity contribution in [1.29, 1.82) is 0 Å². The van der Waals surface area contributed by atoms with Crippen LogP contribution in [0.5, 0.6) is 11.5 Å². The van der Waals surface area contributed by atoms with Crippen LogP contribution in [0.4, 0.5) is 4.39 Å². The van der Waals surface area contributed by atoms with Gasteiger partial charge in [0.1, 0.15) is 11.4 Å². The monoisotopic (exact) mass is 258 g/mol. The molecule has 0 fully saturated rings. The Balaban J connectivity index is 2.10. The van der Waals surface area contributed by atoms with Crippen molar-refractivity contribution in [3.05, 3.63) is 54.1 Å². The number of aromatic amines is 1. The summed E-state index contributed by atoms with van der Waals surface area (Å²) < 4.78 is 19.2. The van der Waals surface area contributed by atoms with E-state index in [9.17, 15) is 9.50 Å². The van der Waals surface area contributed by atoms with E-state index in [-0.39, 0.29) is 12.4 Å². The van der Waals surface area contributed by atoms with Gasteiger partial charge in [0.2, 0.25) is 0 Å². The molecule has 0 saturated carbocycles. The predicted molar refractivity (Wildman–Crippen MR) is 68.5 cm³/mol. The van der Waals surface area contributed by atoms with E-state index in [1.54, 1.807) is 36.7 Å². The summed E-state index contributed by atoms with van der Waals surface area (Å²) in [6.45, 7) is -0.140. The summed E-state index contributed by atoms with van der Waals surface area (Å²) in [7, 11) is 0. The van der Waals surface area contributed by atoms with Crippen molar-refractivity contribution >= 4 is 11.0 Å².